The van der Waals surface area contributed by atoms with Gasteiger partial charge in [-0.15, -0.1) is 0 Å². The first-order chi connectivity index (χ1) is 12.5. The van der Waals surface area contributed by atoms with E-state index in [9.17, 15) is 4.79 Å². The Bertz CT molecular complexity index is 716. The minimum Gasteiger partial charge on any atom is -0.493 e. The van der Waals surface area contributed by atoms with Gasteiger partial charge in [0.05, 0.1) is 6.61 Å². The summed E-state index contributed by atoms with van der Waals surface area (Å²) in [4.78, 5) is 12.5. The predicted molar refractivity (Wildman–Crippen MR) is 105 cm³/mol. The van der Waals surface area contributed by atoms with Gasteiger partial charge in [-0.05, 0) is 62.7 Å². The molecule has 0 aliphatic carbocycles. The van der Waals surface area contributed by atoms with Crippen LogP contribution in [0, 0.1) is 0 Å². The lowest BCUT2D eigenvalue weighted by Gasteiger charge is -2.15. The summed E-state index contributed by atoms with van der Waals surface area (Å²) in [6, 6.07) is 12.8. The van der Waals surface area contributed by atoms with Crippen molar-refractivity contribution in [2.45, 2.75) is 46.3 Å². The topological polar surface area (TPSA) is 47.6 Å². The fourth-order valence-corrected chi connectivity index (χ4v) is 2.76. The molecular formula is C21H26ClNO3. The first-order valence-corrected chi connectivity index (χ1v) is 9.36. The molecule has 0 bridgehead atoms. The summed E-state index contributed by atoms with van der Waals surface area (Å²) in [5.41, 5.74) is 1.43. The van der Waals surface area contributed by atoms with E-state index in [1.54, 1.807) is 18.2 Å². The molecular weight excluding hydrogens is 350 g/mol. The van der Waals surface area contributed by atoms with E-state index in [0.717, 1.165) is 24.2 Å². The smallest absolute Gasteiger partial charge is 0.251 e. The number of carbonyl (C=O) groups is 1. The molecule has 5 heteroatoms. The highest BCUT2D eigenvalue weighted by Gasteiger charge is 2.13. The number of benzene rings is 2. The zero-order valence-electron chi connectivity index (χ0n) is 15.5. The number of halogens is 1. The molecule has 0 heterocycles. The summed E-state index contributed by atoms with van der Waals surface area (Å²) in [6.45, 7) is 6.90. The van der Waals surface area contributed by atoms with Crippen LogP contribution in [0.15, 0.2) is 42.5 Å². The van der Waals surface area contributed by atoms with Crippen LogP contribution < -0.4 is 14.8 Å². The minimum absolute atomic E-state index is 0.0817. The quantitative estimate of drug-likeness (QED) is 0.652. The van der Waals surface area contributed by atoms with Crippen molar-refractivity contribution in [1.82, 2.24) is 5.32 Å². The number of amides is 1. The van der Waals surface area contributed by atoms with Crippen molar-refractivity contribution in [2.75, 3.05) is 6.61 Å². The zero-order chi connectivity index (χ0) is 18.9. The van der Waals surface area contributed by atoms with Crippen LogP contribution in [-0.4, -0.2) is 18.6 Å². The van der Waals surface area contributed by atoms with E-state index in [-0.39, 0.29) is 11.9 Å². The van der Waals surface area contributed by atoms with Crippen molar-refractivity contribution in [1.29, 1.82) is 0 Å². The Morgan fingerprint density at radius 3 is 2.50 bits per heavy atom. The van der Waals surface area contributed by atoms with Crippen molar-refractivity contribution in [3.63, 3.8) is 0 Å². The summed E-state index contributed by atoms with van der Waals surface area (Å²) >= 11 is 5.89. The van der Waals surface area contributed by atoms with Crippen molar-refractivity contribution in [3.8, 4) is 11.5 Å². The molecule has 140 valence electrons. The van der Waals surface area contributed by atoms with E-state index in [1.807, 2.05) is 38.1 Å². The number of carbonyl (C=O) groups excluding carboxylic acids is 1. The van der Waals surface area contributed by atoms with Crippen LogP contribution in [0.25, 0.3) is 0 Å². The van der Waals surface area contributed by atoms with E-state index < -0.39 is 0 Å². The van der Waals surface area contributed by atoms with E-state index in [0.29, 0.717) is 29.5 Å². The molecule has 0 saturated carbocycles. The van der Waals surface area contributed by atoms with Gasteiger partial charge in [0, 0.05) is 22.2 Å². The highest BCUT2D eigenvalue weighted by molar-refractivity contribution is 6.30. The summed E-state index contributed by atoms with van der Waals surface area (Å²) in [6.07, 6.45) is 1.99. The molecule has 2 rings (SSSR count). The maximum atomic E-state index is 12.5. The van der Waals surface area contributed by atoms with Crippen LogP contribution in [0.5, 0.6) is 11.5 Å². The van der Waals surface area contributed by atoms with E-state index in [1.165, 1.54) is 0 Å². The van der Waals surface area contributed by atoms with Crippen molar-refractivity contribution >= 4 is 17.5 Å². The molecule has 0 spiro atoms. The van der Waals surface area contributed by atoms with Gasteiger partial charge < -0.3 is 14.8 Å². The molecule has 0 aromatic heterocycles. The molecule has 1 atom stereocenters. The molecule has 2 aromatic carbocycles. The Kier molecular flexibility index (Phi) is 7.79. The third-order valence-corrected chi connectivity index (χ3v) is 4.18. The Balaban J connectivity index is 2.13. The van der Waals surface area contributed by atoms with Crippen LogP contribution in [0.4, 0.5) is 0 Å². The second-order valence-electron chi connectivity index (χ2n) is 6.16. The second-order valence-corrected chi connectivity index (χ2v) is 6.60. The molecule has 0 fully saturated rings. The average Bonchev–Trinajstić information content (AvgIpc) is 2.62. The van der Waals surface area contributed by atoms with Crippen LogP contribution in [0.1, 0.15) is 49.5 Å². The van der Waals surface area contributed by atoms with Crippen LogP contribution >= 0.6 is 11.6 Å². The maximum Gasteiger partial charge on any atom is 0.251 e. The van der Waals surface area contributed by atoms with Gasteiger partial charge >= 0.3 is 0 Å². The number of nitrogens with one attached hydrogen (secondary N) is 1. The Hall–Kier alpha value is -2.20. The minimum atomic E-state index is -0.0817. The third kappa shape index (κ3) is 5.95. The summed E-state index contributed by atoms with van der Waals surface area (Å²) < 4.78 is 11.5. The largest absolute Gasteiger partial charge is 0.493 e. The predicted octanol–water partition coefficient (Wildman–Crippen LogP) is 5.24. The molecule has 4 nitrogen and oxygen atoms in total. The number of hydrogen-bond donors (Lipinski definition) is 1. The summed E-state index contributed by atoms with van der Waals surface area (Å²) in [7, 11) is 0. The first-order valence-electron chi connectivity index (χ1n) is 8.98. The first kappa shape index (κ1) is 20.1. The number of rotatable bonds is 9. The average molecular weight is 376 g/mol. The van der Waals surface area contributed by atoms with Gasteiger partial charge in [0.1, 0.15) is 18.1 Å². The molecule has 0 unspecified atom stereocenters. The zero-order valence-corrected chi connectivity index (χ0v) is 16.3. The maximum absolute atomic E-state index is 12.5. The normalized spacial score (nSPS) is 11.7. The highest BCUT2D eigenvalue weighted by Crippen LogP contribution is 2.23. The number of ether oxygens (including phenoxy) is 2. The van der Waals surface area contributed by atoms with Gasteiger partial charge in [0.2, 0.25) is 0 Å². The van der Waals surface area contributed by atoms with Gasteiger partial charge in [-0.2, -0.15) is 0 Å². The fraction of sp³-hybridized carbons (Fsp3) is 0.381. The second kappa shape index (κ2) is 10.1. The molecule has 26 heavy (non-hydrogen) atoms. The third-order valence-electron chi connectivity index (χ3n) is 3.93. The molecule has 1 N–H and O–H groups in total. The van der Waals surface area contributed by atoms with E-state index in [4.69, 9.17) is 21.1 Å². The van der Waals surface area contributed by atoms with Crippen LogP contribution in [0.3, 0.4) is 0 Å². The molecule has 0 aliphatic rings. The lowest BCUT2D eigenvalue weighted by molar-refractivity contribution is 0.0938. The van der Waals surface area contributed by atoms with Crippen LogP contribution in [0.2, 0.25) is 5.02 Å². The van der Waals surface area contributed by atoms with Crippen molar-refractivity contribution in [2.24, 2.45) is 0 Å². The Labute approximate surface area is 160 Å². The highest BCUT2D eigenvalue weighted by atomic mass is 35.5. The number of hydrogen-bond acceptors (Lipinski definition) is 3. The molecule has 0 saturated heterocycles. The van der Waals surface area contributed by atoms with Gasteiger partial charge in [-0.25, -0.2) is 0 Å². The van der Waals surface area contributed by atoms with E-state index >= 15 is 0 Å². The van der Waals surface area contributed by atoms with Gasteiger partial charge in [-0.1, -0.05) is 24.9 Å². The lowest BCUT2D eigenvalue weighted by Crippen LogP contribution is -2.32. The lowest BCUT2D eigenvalue weighted by atomic mass is 10.1. The molecule has 2 aromatic rings. The Morgan fingerprint density at radius 2 is 1.85 bits per heavy atom. The molecule has 1 amide bonds. The van der Waals surface area contributed by atoms with E-state index in [2.05, 4.69) is 12.2 Å². The van der Waals surface area contributed by atoms with Crippen molar-refractivity contribution in [3.05, 3.63) is 58.6 Å². The fourth-order valence-electron chi connectivity index (χ4n) is 2.63. The van der Waals surface area contributed by atoms with Gasteiger partial charge in [0.25, 0.3) is 5.91 Å². The Morgan fingerprint density at radius 1 is 1.12 bits per heavy atom. The summed E-state index contributed by atoms with van der Waals surface area (Å²) in [5, 5.41) is 3.68. The van der Waals surface area contributed by atoms with Gasteiger partial charge in [0.15, 0.2) is 0 Å². The SMILES string of the molecule is CCC[C@H](C)NC(=O)c1ccc(OCC)c(COc2ccc(Cl)cc2)c1. The standard InChI is InChI=1S/C21H26ClNO3/c1-4-6-15(3)23-21(24)16-7-12-20(25-5-2)17(13-16)14-26-19-10-8-18(22)9-11-19/h7-13,15H,4-6,14H2,1-3H3,(H,23,24)/t15-/m0/s1. The van der Waals surface area contributed by atoms with Crippen molar-refractivity contribution < 1.29 is 14.3 Å². The monoisotopic (exact) mass is 375 g/mol. The molecule has 0 radical (unpaired) electrons. The molecule has 0 aliphatic heterocycles. The van der Waals surface area contributed by atoms with Crippen LogP contribution in [-0.2, 0) is 6.61 Å². The summed E-state index contributed by atoms with van der Waals surface area (Å²) in [5.74, 6) is 1.35. The van der Waals surface area contributed by atoms with Gasteiger partial charge in [-0.3, -0.25) is 4.79 Å².